The third-order valence-electron chi connectivity index (χ3n) is 23.1. The molecule has 0 saturated carbocycles. The third-order valence-corrected chi connectivity index (χ3v) is 33.7. The number of hydrogen-bond donors (Lipinski definition) is 16. The van der Waals surface area contributed by atoms with Crippen molar-refractivity contribution in [2.75, 3.05) is 149 Å². The Morgan fingerprint density at radius 1 is 0.328 bits per heavy atom. The lowest BCUT2D eigenvalue weighted by Gasteiger charge is -2.20. The maximum absolute atomic E-state index is 10.8. The first-order valence-corrected chi connectivity index (χ1v) is 62.8. The second-order valence-corrected chi connectivity index (χ2v) is 62.8. The molecule has 0 aromatic carbocycles. The molecule has 0 aliphatic carbocycles. The van der Waals surface area contributed by atoms with Gasteiger partial charge in [-0.05, 0) is 180 Å². The molecule has 5 saturated heterocycles. The molecule has 5 aliphatic heterocycles. The van der Waals surface area contributed by atoms with Crippen LogP contribution in [0.25, 0.3) is 55.8 Å². The minimum Gasteiger partial charge on any atom is -0.397 e. The van der Waals surface area contributed by atoms with Crippen LogP contribution in [-0.2, 0) is 23.7 Å². The fourth-order valence-corrected chi connectivity index (χ4v) is 23.6. The zero-order valence-electron chi connectivity index (χ0n) is 78.3. The van der Waals surface area contributed by atoms with Crippen LogP contribution in [0.15, 0.2) is 70.8 Å². The van der Waals surface area contributed by atoms with Crippen LogP contribution in [0, 0.1) is 6.92 Å². The topological polar surface area (TPSA) is 571 Å². The van der Waals surface area contributed by atoms with E-state index in [1.807, 2.05) is 0 Å². The van der Waals surface area contributed by atoms with E-state index < -0.39 is 157 Å². The predicted molar refractivity (Wildman–Crippen MR) is 584 cm³/mol. The maximum Gasteiger partial charge on any atom is 0.204 e. The average molecular weight is 2070 g/mol. The number of aliphatic hydroxyl groups is 10. The molecule has 20 atom stereocenters. The first kappa shape index (κ1) is 119. The van der Waals surface area contributed by atoms with Gasteiger partial charge in [-0.3, -0.25) is 22.8 Å². The second kappa shape index (κ2) is 50.8. The van der Waals surface area contributed by atoms with Gasteiger partial charge in [0.2, 0.25) is 5.95 Å². The zero-order chi connectivity index (χ0) is 96.7. The number of aryl methyl sites for hydroxylation is 1. The van der Waals surface area contributed by atoms with Crippen molar-refractivity contribution in [3.63, 3.8) is 0 Å². The standard InChI is InChI=1S/C20H33N4O3PS.C19H31N4O3PS.C18H29N4O3PS.2C15H24N5O3P.5CH4/c1-5-6-7-12-29-20-23-15-13(21)8-10-22-18(15)24(20)19-17(26)16(25)14(27-19)9-11-28(2,3)4;1-5-6-11-28-19-22-14-12(20)7-9-21-17(14)23(19)18-16(25)15(24)13(26-18)8-10-27(2,3)4;1-5-10-27-18-21-13-11(19)6-8-20-16(13)22(18)17-15(24)14(23)12(25-17)7-9-26(2,3)4;1-8-18-13(16)10-14(19-8)20(7-17-10)15-12(22)11(21)9(23-15)5-6-24(2,3)4;1-24(2,3)7-5-9-11(21)12(22)14(23-9)20-13-10(19-15(20)17)8(16)4-6-18-13;;;;;/h8,10,14,16-17,19,25-26H,2,5-7,9,11-12H2,1,3-4H3,(H2,21,22);7,9,13,15-16,18,24-25H,2,5-6,8,10-11H2,1,3-4H3,(H2,20,21);6,8,12,14-15,17,23-24H,2,5,7,9-10H2,1,3-4H3,(H2,19,20);7,9,11-12,15,21-22H,2,5-6H2,1,3-4H3,(H2,16,18,19);4,6,9,11-12,14,21-22H,1,5,7H2,2-3H3,(H2,16,18)(H2,17,19);5*1H4/t14-,16-,17-,19-;13-,15-,16-,18-;12-,14-,15-,17-;9-,11-,12-,15-;9-,11-,12-,14-;;;;;/m11111...../s1. The summed E-state index contributed by atoms with van der Waals surface area (Å²) in [5.74, 6) is 3.61. The molecule has 22 N–H and O–H groups in total. The number of fused-ring (bicyclic) bond motifs is 5. The van der Waals surface area contributed by atoms with Gasteiger partial charge < -0.3 is 109 Å². The molecule has 0 unspecified atom stereocenters. The van der Waals surface area contributed by atoms with Crippen LogP contribution in [0.3, 0.4) is 0 Å². The number of aromatic nitrogens is 16. The summed E-state index contributed by atoms with van der Waals surface area (Å²) in [4.78, 5) is 48.3. The Kier molecular flexibility index (Phi) is 44.3. The molecule has 15 rings (SSSR count). The van der Waals surface area contributed by atoms with Crippen molar-refractivity contribution >= 4 is 192 Å². The SMILES string of the molecule is C.C.C.C.C.C=P(C)(C)CC[C@H]1O[C@@H](n2c(N)nc3c(N)ccnc32)[C@H](O)[C@@H]1O.C=P(C)(C)CC[C@H]1O[C@@H](n2c(SCCC)nc3c(N)ccnc32)[C@H](O)[C@@H]1O.C=P(C)(C)CC[C@H]1O[C@@H](n2c(SCCCC)nc3c(N)ccnc32)[C@H](O)[C@@H]1O.C=P(C)(C)CC[C@H]1O[C@@H](n2c(SCCCCC)nc3c(N)ccnc32)[C@H](O)[C@@H]1O.C=P(C)(C)CC[C@H]1O[C@@H](n2cnc3c(N)nc(C)nc32)[C@H](O)[C@@H]1O. The molecular formula is C92H161N22O15P5S3. The molecule has 772 valence electrons. The molecule has 137 heavy (non-hydrogen) atoms. The molecular weight excluding hydrogens is 1900 g/mol. The Bertz CT molecular complexity index is 5820. The van der Waals surface area contributed by atoms with Gasteiger partial charge in [-0.15, -0.1) is 65.9 Å². The quantitative estimate of drug-likeness (QED) is 0.0106. The van der Waals surface area contributed by atoms with E-state index in [1.54, 1.807) is 110 Å². The average Bonchev–Trinajstić information content (AvgIpc) is 1.61. The van der Waals surface area contributed by atoms with E-state index in [2.05, 4.69) is 174 Å². The van der Waals surface area contributed by atoms with Crippen molar-refractivity contribution in [1.29, 1.82) is 0 Å². The lowest BCUT2D eigenvalue weighted by Crippen LogP contribution is -2.32. The van der Waals surface area contributed by atoms with Crippen molar-refractivity contribution < 1.29 is 74.7 Å². The van der Waals surface area contributed by atoms with E-state index in [-0.39, 0.29) is 48.9 Å². The highest BCUT2D eigenvalue weighted by Crippen LogP contribution is 2.48. The van der Waals surface area contributed by atoms with Gasteiger partial charge >= 0.3 is 0 Å². The van der Waals surface area contributed by atoms with Gasteiger partial charge in [-0.25, -0.2) is 54.8 Å². The van der Waals surface area contributed by atoms with Crippen LogP contribution in [0.2, 0.25) is 0 Å². The number of imidazole rings is 5. The van der Waals surface area contributed by atoms with Crippen LogP contribution in [-0.4, -0.2) is 366 Å². The highest BCUT2D eigenvalue weighted by molar-refractivity contribution is 7.99. The van der Waals surface area contributed by atoms with Gasteiger partial charge in [-0.2, -0.15) is 0 Å². The predicted octanol–water partition coefficient (Wildman–Crippen LogP) is 11.8. The van der Waals surface area contributed by atoms with Crippen molar-refractivity contribution in [2.45, 2.75) is 274 Å². The van der Waals surface area contributed by atoms with Crippen LogP contribution >= 0.6 is 69.7 Å². The number of thioether (sulfide) groups is 3. The Labute approximate surface area is 822 Å². The second-order valence-electron chi connectivity index (χ2n) is 38.0. The Morgan fingerprint density at radius 2 is 0.606 bits per heavy atom. The number of rotatable bonds is 32. The van der Waals surface area contributed by atoms with E-state index in [0.29, 0.717) is 132 Å². The normalized spacial score (nSPS) is 25.5. The molecule has 5 fully saturated rings. The first-order valence-electron chi connectivity index (χ1n) is 44.6. The van der Waals surface area contributed by atoms with Crippen molar-refractivity contribution in [3.05, 3.63) is 61.2 Å². The van der Waals surface area contributed by atoms with E-state index >= 15 is 0 Å². The smallest absolute Gasteiger partial charge is 0.204 e. The maximum atomic E-state index is 10.8. The van der Waals surface area contributed by atoms with Gasteiger partial charge in [0.25, 0.3) is 0 Å². The summed E-state index contributed by atoms with van der Waals surface area (Å²) in [5.41, 5.74) is 43.4. The van der Waals surface area contributed by atoms with Crippen LogP contribution in [0.1, 0.15) is 165 Å². The van der Waals surface area contributed by atoms with Gasteiger partial charge in [0.1, 0.15) is 94.4 Å². The summed E-state index contributed by atoms with van der Waals surface area (Å²) in [6, 6.07) is 6.76. The molecule has 5 aliphatic rings. The molecule has 0 radical (unpaired) electrons. The minimum atomic E-state index is -1.25. The fourth-order valence-electron chi connectivity index (χ4n) is 15.8. The molecule has 0 amide bonds. The summed E-state index contributed by atoms with van der Waals surface area (Å²) in [6.07, 6.45) is 26.9. The fraction of sp³-hybridized carbons (Fsp3) is 0.630. The highest BCUT2D eigenvalue weighted by atomic mass is 32.2. The Balaban J connectivity index is 0.000000261. The van der Waals surface area contributed by atoms with Crippen LogP contribution < -0.4 is 34.4 Å². The molecule has 10 aromatic rings. The van der Waals surface area contributed by atoms with Crippen molar-refractivity contribution in [2.24, 2.45) is 0 Å². The van der Waals surface area contributed by atoms with Crippen LogP contribution in [0.4, 0.5) is 34.5 Å². The van der Waals surface area contributed by atoms with Crippen molar-refractivity contribution in [3.8, 4) is 0 Å². The zero-order valence-corrected chi connectivity index (χ0v) is 85.2. The number of pyridine rings is 4. The summed E-state index contributed by atoms with van der Waals surface area (Å²) >= 11 is 4.77. The summed E-state index contributed by atoms with van der Waals surface area (Å²) in [5, 5.41) is 108. The number of hydrogen-bond acceptors (Lipinski definition) is 35. The lowest BCUT2D eigenvalue weighted by molar-refractivity contribution is -0.0400. The number of nitrogen functional groups attached to an aromatic ring is 6. The number of nitrogens with two attached hydrogens (primary N) is 6. The van der Waals surface area contributed by atoms with E-state index in [4.69, 9.17) is 58.1 Å². The van der Waals surface area contributed by atoms with Gasteiger partial charge in [0.05, 0.1) is 59.6 Å². The summed E-state index contributed by atoms with van der Waals surface area (Å²) < 4.78 is 38.7. The van der Waals surface area contributed by atoms with E-state index in [1.165, 1.54) is 10.9 Å². The molecule has 0 bridgehead atoms. The summed E-state index contributed by atoms with van der Waals surface area (Å²) in [7, 11) is 0. The first-order chi connectivity index (χ1) is 62.0. The highest BCUT2D eigenvalue weighted by Gasteiger charge is 2.50. The largest absolute Gasteiger partial charge is 0.397 e. The van der Waals surface area contributed by atoms with E-state index in [0.717, 1.165) is 86.6 Å². The van der Waals surface area contributed by atoms with Crippen LogP contribution in [0.5, 0.6) is 0 Å². The third kappa shape index (κ3) is 29.6. The number of aliphatic hydroxyl groups excluding tert-OH is 10. The number of anilines is 6. The minimum absolute atomic E-state index is 0. The van der Waals surface area contributed by atoms with Gasteiger partial charge in [-0.1, -0.05) is 112 Å². The van der Waals surface area contributed by atoms with Gasteiger partial charge in [0, 0.05) is 42.0 Å². The lowest BCUT2D eigenvalue weighted by atomic mass is 10.1. The van der Waals surface area contributed by atoms with Gasteiger partial charge in [0.15, 0.2) is 80.7 Å². The summed E-state index contributed by atoms with van der Waals surface area (Å²) in [6.45, 7) is 23.4. The number of ether oxygens (including phenoxy) is 5. The molecule has 10 aromatic heterocycles. The molecule has 37 nitrogen and oxygen atoms in total. The molecule has 15 heterocycles. The Morgan fingerprint density at radius 3 is 0.912 bits per heavy atom. The number of unbranched alkanes of at least 4 members (excludes halogenated alkanes) is 3. The molecule has 45 heteroatoms. The monoisotopic (exact) mass is 2070 g/mol. The Hall–Kier alpha value is -6.22. The number of nitrogens with zero attached hydrogens (tertiary/aromatic N) is 16. The molecule has 0 spiro atoms. The van der Waals surface area contributed by atoms with Crippen molar-refractivity contribution in [1.82, 2.24) is 77.7 Å². The van der Waals surface area contributed by atoms with E-state index in [9.17, 15) is 51.1 Å².